The number of aldehydes is 1. The molecule has 0 amide bonds. The number of benzene rings is 3. The highest BCUT2D eigenvalue weighted by Crippen LogP contribution is 2.29. The predicted octanol–water partition coefficient (Wildman–Crippen LogP) is 4.90. The second kappa shape index (κ2) is 6.53. The third kappa shape index (κ3) is 3.10. The maximum absolute atomic E-state index is 10.8. The highest BCUT2D eigenvalue weighted by atomic mass is 16.5. The molecule has 4 aromatic rings. The third-order valence-electron chi connectivity index (χ3n) is 3.83. The smallest absolute Gasteiger partial charge is 0.230 e. The van der Waals surface area contributed by atoms with Gasteiger partial charge in [0.25, 0.3) is 0 Å². The van der Waals surface area contributed by atoms with Gasteiger partial charge in [-0.05, 0) is 24.3 Å². The number of ether oxygens (including phenoxy) is 1. The standard InChI is InChI=1S/C21H14N2O2/c24-14-15-10-12-16(13-11-15)20-22-19-9-5-4-8-18(19)21(23-20)25-17-6-2-1-3-7-17/h1-14H. The van der Waals surface area contributed by atoms with Gasteiger partial charge in [0.05, 0.1) is 10.9 Å². The minimum absolute atomic E-state index is 0.506. The second-order valence-corrected chi connectivity index (χ2v) is 5.52. The predicted molar refractivity (Wildman–Crippen MR) is 96.9 cm³/mol. The van der Waals surface area contributed by atoms with Crippen molar-refractivity contribution in [3.05, 3.63) is 84.4 Å². The number of carbonyl (C=O) groups is 1. The number of carbonyl (C=O) groups excluding carboxylic acids is 1. The first-order valence-corrected chi connectivity index (χ1v) is 7.89. The van der Waals surface area contributed by atoms with E-state index in [0.717, 1.165) is 22.8 Å². The number of nitrogens with zero attached hydrogens (tertiary/aromatic N) is 2. The van der Waals surface area contributed by atoms with Crippen LogP contribution in [0.25, 0.3) is 22.3 Å². The molecule has 0 saturated heterocycles. The van der Waals surface area contributed by atoms with Gasteiger partial charge in [0.2, 0.25) is 5.88 Å². The largest absolute Gasteiger partial charge is 0.438 e. The fourth-order valence-corrected chi connectivity index (χ4v) is 2.57. The Labute approximate surface area is 144 Å². The van der Waals surface area contributed by atoms with Gasteiger partial charge >= 0.3 is 0 Å². The molecule has 1 aromatic heterocycles. The molecule has 4 nitrogen and oxygen atoms in total. The van der Waals surface area contributed by atoms with Crippen molar-refractivity contribution in [1.29, 1.82) is 0 Å². The zero-order valence-corrected chi connectivity index (χ0v) is 13.3. The van der Waals surface area contributed by atoms with Gasteiger partial charge in [-0.15, -0.1) is 0 Å². The summed E-state index contributed by atoms with van der Waals surface area (Å²) < 4.78 is 5.99. The molecular weight excluding hydrogens is 312 g/mol. The number of fused-ring (bicyclic) bond motifs is 1. The fraction of sp³-hybridized carbons (Fsp3) is 0. The molecule has 0 bridgehead atoms. The van der Waals surface area contributed by atoms with Crippen LogP contribution in [-0.4, -0.2) is 16.3 Å². The average molecular weight is 326 g/mol. The van der Waals surface area contributed by atoms with Crippen molar-refractivity contribution in [3.8, 4) is 23.0 Å². The summed E-state index contributed by atoms with van der Waals surface area (Å²) in [5, 5.41) is 0.847. The van der Waals surface area contributed by atoms with Crippen molar-refractivity contribution in [1.82, 2.24) is 9.97 Å². The van der Waals surface area contributed by atoms with Crippen molar-refractivity contribution >= 4 is 17.2 Å². The molecular formula is C21H14N2O2. The van der Waals surface area contributed by atoms with Crippen molar-refractivity contribution in [2.24, 2.45) is 0 Å². The van der Waals surface area contributed by atoms with Crippen LogP contribution in [0.4, 0.5) is 0 Å². The lowest BCUT2D eigenvalue weighted by Gasteiger charge is -2.10. The molecule has 120 valence electrons. The van der Waals surface area contributed by atoms with Gasteiger partial charge in [-0.25, -0.2) is 4.98 Å². The monoisotopic (exact) mass is 326 g/mol. The van der Waals surface area contributed by atoms with Crippen LogP contribution in [0.5, 0.6) is 11.6 Å². The van der Waals surface area contributed by atoms with Gasteiger partial charge in [-0.3, -0.25) is 4.79 Å². The Morgan fingerprint density at radius 2 is 1.48 bits per heavy atom. The van der Waals surface area contributed by atoms with Crippen molar-refractivity contribution in [2.75, 3.05) is 0 Å². The highest BCUT2D eigenvalue weighted by molar-refractivity contribution is 5.85. The minimum Gasteiger partial charge on any atom is -0.438 e. The van der Waals surface area contributed by atoms with Crippen molar-refractivity contribution in [2.45, 2.75) is 0 Å². The van der Waals surface area contributed by atoms with Crippen LogP contribution in [0.3, 0.4) is 0 Å². The van der Waals surface area contributed by atoms with E-state index in [4.69, 9.17) is 4.74 Å². The van der Waals surface area contributed by atoms with Gasteiger partial charge < -0.3 is 4.74 Å². The van der Waals surface area contributed by atoms with E-state index in [1.54, 1.807) is 12.1 Å². The first kappa shape index (κ1) is 15.0. The van der Waals surface area contributed by atoms with Gasteiger partial charge in [0, 0.05) is 11.1 Å². The summed E-state index contributed by atoms with van der Waals surface area (Å²) in [6.45, 7) is 0. The molecule has 0 radical (unpaired) electrons. The zero-order valence-electron chi connectivity index (χ0n) is 13.3. The zero-order chi connectivity index (χ0) is 17.1. The lowest BCUT2D eigenvalue weighted by Crippen LogP contribution is -1.96. The van der Waals surface area contributed by atoms with Crippen LogP contribution < -0.4 is 4.74 Å². The normalized spacial score (nSPS) is 10.6. The van der Waals surface area contributed by atoms with Gasteiger partial charge in [-0.1, -0.05) is 54.6 Å². The molecule has 3 aromatic carbocycles. The Hall–Kier alpha value is -3.53. The molecule has 0 fully saturated rings. The lowest BCUT2D eigenvalue weighted by molar-refractivity contribution is 0.112. The van der Waals surface area contributed by atoms with Crippen LogP contribution in [-0.2, 0) is 0 Å². The molecule has 0 unspecified atom stereocenters. The number of aromatic nitrogens is 2. The summed E-state index contributed by atoms with van der Waals surface area (Å²) in [5.41, 5.74) is 2.25. The summed E-state index contributed by atoms with van der Waals surface area (Å²) >= 11 is 0. The maximum atomic E-state index is 10.8. The van der Waals surface area contributed by atoms with Crippen LogP contribution >= 0.6 is 0 Å². The second-order valence-electron chi connectivity index (χ2n) is 5.52. The van der Waals surface area contributed by atoms with E-state index in [1.807, 2.05) is 66.7 Å². The molecule has 4 heteroatoms. The summed E-state index contributed by atoms with van der Waals surface area (Å²) in [5.74, 6) is 1.78. The molecule has 0 aliphatic heterocycles. The number of hydrogen-bond donors (Lipinski definition) is 0. The Balaban J connectivity index is 1.84. The fourth-order valence-electron chi connectivity index (χ4n) is 2.57. The van der Waals surface area contributed by atoms with E-state index >= 15 is 0 Å². The van der Waals surface area contributed by atoms with Gasteiger partial charge in [-0.2, -0.15) is 4.98 Å². The van der Waals surface area contributed by atoms with Crippen molar-refractivity contribution in [3.63, 3.8) is 0 Å². The van der Waals surface area contributed by atoms with Crippen LogP contribution in [0.15, 0.2) is 78.9 Å². The molecule has 0 spiro atoms. The Morgan fingerprint density at radius 1 is 0.760 bits per heavy atom. The Morgan fingerprint density at radius 3 is 2.24 bits per heavy atom. The molecule has 0 atom stereocenters. The first-order valence-electron chi connectivity index (χ1n) is 7.89. The molecule has 25 heavy (non-hydrogen) atoms. The van der Waals surface area contributed by atoms with E-state index in [0.29, 0.717) is 23.0 Å². The first-order chi connectivity index (χ1) is 12.3. The van der Waals surface area contributed by atoms with E-state index in [2.05, 4.69) is 9.97 Å². The number of rotatable bonds is 4. The molecule has 0 aliphatic carbocycles. The molecule has 0 saturated carbocycles. The quantitative estimate of drug-likeness (QED) is 0.500. The lowest BCUT2D eigenvalue weighted by atomic mass is 10.1. The maximum Gasteiger partial charge on any atom is 0.230 e. The van der Waals surface area contributed by atoms with E-state index < -0.39 is 0 Å². The highest BCUT2D eigenvalue weighted by Gasteiger charge is 2.11. The molecule has 1 heterocycles. The summed E-state index contributed by atoms with van der Waals surface area (Å²) in [6, 6.07) is 24.4. The van der Waals surface area contributed by atoms with E-state index in [-0.39, 0.29) is 0 Å². The summed E-state index contributed by atoms with van der Waals surface area (Å²) in [4.78, 5) is 20.1. The van der Waals surface area contributed by atoms with Gasteiger partial charge in [0.15, 0.2) is 5.82 Å². The topological polar surface area (TPSA) is 52.1 Å². The Kier molecular flexibility index (Phi) is 3.92. The van der Waals surface area contributed by atoms with Gasteiger partial charge in [0.1, 0.15) is 12.0 Å². The van der Waals surface area contributed by atoms with Crippen LogP contribution in [0.1, 0.15) is 10.4 Å². The van der Waals surface area contributed by atoms with Crippen molar-refractivity contribution < 1.29 is 9.53 Å². The summed E-state index contributed by atoms with van der Waals surface area (Å²) in [6.07, 6.45) is 0.814. The Bertz CT molecular complexity index is 1030. The summed E-state index contributed by atoms with van der Waals surface area (Å²) in [7, 11) is 0. The molecule has 0 aliphatic rings. The van der Waals surface area contributed by atoms with Crippen LogP contribution in [0.2, 0.25) is 0 Å². The third-order valence-corrected chi connectivity index (χ3v) is 3.83. The van der Waals surface area contributed by atoms with E-state index in [9.17, 15) is 4.79 Å². The minimum atomic E-state index is 0.506. The molecule has 0 N–H and O–H groups in total. The molecule has 4 rings (SSSR count). The van der Waals surface area contributed by atoms with Crippen LogP contribution in [0, 0.1) is 0 Å². The SMILES string of the molecule is O=Cc1ccc(-c2nc(Oc3ccccc3)c3ccccc3n2)cc1. The average Bonchev–Trinajstić information content (AvgIpc) is 2.69. The number of hydrogen-bond acceptors (Lipinski definition) is 4. The number of para-hydroxylation sites is 2. The van der Waals surface area contributed by atoms with E-state index in [1.165, 1.54) is 0 Å².